The molecular weight excluding hydrogens is 484 g/mol. The Morgan fingerprint density at radius 2 is 1.64 bits per heavy atom. The molecule has 33 heavy (non-hydrogen) atoms. The number of ether oxygens (including phenoxy) is 3. The largest absolute Gasteiger partial charge is 0.493 e. The molecule has 1 aliphatic rings. The zero-order valence-corrected chi connectivity index (χ0v) is 20.5. The predicted octanol–water partition coefficient (Wildman–Crippen LogP) is 5.34. The molecule has 0 saturated heterocycles. The second kappa shape index (κ2) is 10.3. The number of halogens is 1. The summed E-state index contributed by atoms with van der Waals surface area (Å²) in [6.07, 6.45) is 0.607. The third kappa shape index (κ3) is 4.56. The fourth-order valence-electron chi connectivity index (χ4n) is 4.23. The number of fused-ring (bicyclic) bond motifs is 1. The molecule has 0 spiro atoms. The van der Waals surface area contributed by atoms with Gasteiger partial charge in [0.1, 0.15) is 5.84 Å². The monoisotopic (exact) mass is 510 g/mol. The highest BCUT2D eigenvalue weighted by molar-refractivity contribution is 9.10. The van der Waals surface area contributed by atoms with Crippen molar-refractivity contribution in [3.63, 3.8) is 0 Å². The number of aliphatic imine (C=N–C) groups is 1. The number of aliphatic hydroxyl groups excluding tert-OH is 1. The molecule has 0 bridgehead atoms. The lowest BCUT2D eigenvalue weighted by molar-refractivity contribution is 0.254. The van der Waals surface area contributed by atoms with Gasteiger partial charge in [0.05, 0.1) is 33.1 Å². The summed E-state index contributed by atoms with van der Waals surface area (Å²) in [4.78, 5) is 7.30. The van der Waals surface area contributed by atoms with Crippen molar-refractivity contribution < 1.29 is 19.3 Å². The van der Waals surface area contributed by atoms with Crippen LogP contribution in [0, 0.1) is 0 Å². The first kappa shape index (κ1) is 23.1. The maximum absolute atomic E-state index is 9.65. The summed E-state index contributed by atoms with van der Waals surface area (Å²) in [5.74, 6) is 2.45. The molecule has 0 fully saturated rings. The second-order valence-corrected chi connectivity index (χ2v) is 8.55. The lowest BCUT2D eigenvalue weighted by atomic mass is 9.92. The molecule has 7 heteroatoms. The molecule has 172 valence electrons. The first-order chi connectivity index (χ1) is 16.1. The number of benzene rings is 3. The van der Waals surface area contributed by atoms with E-state index in [0.29, 0.717) is 30.2 Å². The van der Waals surface area contributed by atoms with E-state index in [1.54, 1.807) is 21.3 Å². The first-order valence-corrected chi connectivity index (χ1v) is 11.5. The van der Waals surface area contributed by atoms with Crippen LogP contribution in [0.3, 0.4) is 0 Å². The van der Waals surface area contributed by atoms with E-state index in [2.05, 4.69) is 39.0 Å². The van der Waals surface area contributed by atoms with Crippen molar-refractivity contribution in [2.24, 2.45) is 4.99 Å². The van der Waals surface area contributed by atoms with E-state index in [1.807, 2.05) is 42.5 Å². The Morgan fingerprint density at radius 1 is 0.939 bits per heavy atom. The van der Waals surface area contributed by atoms with Crippen LogP contribution in [0.4, 0.5) is 5.69 Å². The summed E-state index contributed by atoms with van der Waals surface area (Å²) in [6, 6.07) is 20.3. The zero-order chi connectivity index (χ0) is 23.4. The van der Waals surface area contributed by atoms with Gasteiger partial charge in [-0.15, -0.1) is 0 Å². The molecule has 0 amide bonds. The van der Waals surface area contributed by atoms with E-state index in [1.165, 1.54) is 0 Å². The van der Waals surface area contributed by atoms with Gasteiger partial charge in [-0.25, -0.2) is 4.99 Å². The van der Waals surface area contributed by atoms with Crippen molar-refractivity contribution in [1.82, 2.24) is 4.90 Å². The van der Waals surface area contributed by atoms with Gasteiger partial charge in [-0.2, -0.15) is 0 Å². The second-order valence-electron chi connectivity index (χ2n) is 7.64. The van der Waals surface area contributed by atoms with Crippen LogP contribution in [0.1, 0.15) is 29.2 Å². The maximum Gasteiger partial charge on any atom is 0.203 e. The van der Waals surface area contributed by atoms with E-state index in [-0.39, 0.29) is 12.6 Å². The Labute approximate surface area is 202 Å². The Kier molecular flexibility index (Phi) is 7.20. The number of hydrogen-bond donors (Lipinski definition) is 1. The molecule has 0 radical (unpaired) electrons. The smallest absolute Gasteiger partial charge is 0.203 e. The van der Waals surface area contributed by atoms with Crippen LogP contribution < -0.4 is 14.2 Å². The molecule has 0 saturated carbocycles. The third-order valence-electron chi connectivity index (χ3n) is 5.69. The lowest BCUT2D eigenvalue weighted by Crippen LogP contribution is -2.39. The fraction of sp³-hybridized carbons (Fsp3) is 0.269. The molecule has 6 nitrogen and oxygen atoms in total. The quantitative estimate of drug-likeness (QED) is 0.443. The number of amidine groups is 1. The summed E-state index contributed by atoms with van der Waals surface area (Å²) in [5.41, 5.74) is 3.99. The van der Waals surface area contributed by atoms with E-state index in [0.717, 1.165) is 32.7 Å². The highest BCUT2D eigenvalue weighted by Crippen LogP contribution is 2.44. The molecule has 1 aliphatic heterocycles. The minimum Gasteiger partial charge on any atom is -0.493 e. The van der Waals surface area contributed by atoms with Crippen LogP contribution >= 0.6 is 15.9 Å². The van der Waals surface area contributed by atoms with Gasteiger partial charge in [0.25, 0.3) is 0 Å². The fourth-order valence-corrected chi connectivity index (χ4v) is 4.60. The zero-order valence-electron chi connectivity index (χ0n) is 18.9. The van der Waals surface area contributed by atoms with Crippen molar-refractivity contribution in [1.29, 1.82) is 0 Å². The van der Waals surface area contributed by atoms with Gasteiger partial charge in [0, 0.05) is 28.8 Å². The lowest BCUT2D eigenvalue weighted by Gasteiger charge is -2.39. The molecular formula is C26H27BrN2O4. The average Bonchev–Trinajstić information content (AvgIpc) is 2.86. The molecule has 1 N–H and O–H groups in total. The van der Waals surface area contributed by atoms with Crippen molar-refractivity contribution in [2.45, 2.75) is 12.5 Å². The highest BCUT2D eigenvalue weighted by atomic mass is 79.9. The predicted molar refractivity (Wildman–Crippen MR) is 133 cm³/mol. The van der Waals surface area contributed by atoms with E-state index in [9.17, 15) is 5.11 Å². The number of methoxy groups -OCH3 is 3. The Morgan fingerprint density at radius 3 is 2.24 bits per heavy atom. The molecule has 0 aliphatic carbocycles. The standard InChI is InChI=1S/C26H27BrN2O4/c1-31-22-14-18(15-23(32-2)25(22)33-3)26-28-21-11-10-19(27)16-20(21)24(29(26)12-7-13-30)17-8-5-4-6-9-17/h4-6,8-11,14-16,24,30H,7,12-13H2,1-3H3. The van der Waals surface area contributed by atoms with Crippen LogP contribution in [-0.4, -0.2) is 50.3 Å². The topological polar surface area (TPSA) is 63.5 Å². The van der Waals surface area contributed by atoms with Crippen LogP contribution in [0.15, 0.2) is 70.1 Å². The van der Waals surface area contributed by atoms with Gasteiger partial charge in [-0.3, -0.25) is 0 Å². The van der Waals surface area contributed by atoms with Crippen molar-refractivity contribution in [3.8, 4) is 17.2 Å². The molecule has 3 aromatic rings. The maximum atomic E-state index is 9.65. The van der Waals surface area contributed by atoms with E-state index < -0.39 is 0 Å². The molecule has 1 heterocycles. The number of aliphatic hydroxyl groups is 1. The van der Waals surface area contributed by atoms with E-state index >= 15 is 0 Å². The van der Waals surface area contributed by atoms with Gasteiger partial charge >= 0.3 is 0 Å². The van der Waals surface area contributed by atoms with Crippen LogP contribution in [-0.2, 0) is 0 Å². The average molecular weight is 511 g/mol. The Hall–Kier alpha value is -3.03. The summed E-state index contributed by atoms with van der Waals surface area (Å²) in [7, 11) is 4.80. The third-order valence-corrected chi connectivity index (χ3v) is 6.18. The summed E-state index contributed by atoms with van der Waals surface area (Å²) in [5, 5.41) is 9.65. The summed E-state index contributed by atoms with van der Waals surface area (Å²) < 4.78 is 17.7. The Bertz CT molecular complexity index is 1130. The van der Waals surface area contributed by atoms with Gasteiger partial charge in [0.15, 0.2) is 11.5 Å². The summed E-state index contributed by atoms with van der Waals surface area (Å²) in [6.45, 7) is 0.712. The number of nitrogens with zero attached hydrogens (tertiary/aromatic N) is 2. The molecule has 1 atom stereocenters. The van der Waals surface area contributed by atoms with Gasteiger partial charge in [0.2, 0.25) is 5.75 Å². The van der Waals surface area contributed by atoms with Crippen molar-refractivity contribution in [3.05, 3.63) is 81.8 Å². The van der Waals surface area contributed by atoms with Gasteiger partial charge in [-0.1, -0.05) is 46.3 Å². The molecule has 0 aromatic heterocycles. The van der Waals surface area contributed by atoms with Gasteiger partial charge < -0.3 is 24.2 Å². The normalized spacial score (nSPS) is 15.0. The molecule has 3 aromatic carbocycles. The molecule has 1 unspecified atom stereocenters. The Balaban J connectivity index is 1.95. The number of rotatable bonds is 8. The van der Waals surface area contributed by atoms with Crippen LogP contribution in [0.5, 0.6) is 17.2 Å². The number of hydrogen-bond acceptors (Lipinski definition) is 6. The van der Waals surface area contributed by atoms with E-state index in [4.69, 9.17) is 19.2 Å². The first-order valence-electron chi connectivity index (χ1n) is 10.7. The van der Waals surface area contributed by atoms with Crippen LogP contribution in [0.25, 0.3) is 0 Å². The summed E-state index contributed by atoms with van der Waals surface area (Å²) >= 11 is 3.62. The molecule has 4 rings (SSSR count). The minimum atomic E-state index is -0.0724. The highest BCUT2D eigenvalue weighted by Gasteiger charge is 2.33. The van der Waals surface area contributed by atoms with Crippen molar-refractivity contribution >= 4 is 27.5 Å². The van der Waals surface area contributed by atoms with Crippen LogP contribution in [0.2, 0.25) is 0 Å². The van der Waals surface area contributed by atoms with Crippen molar-refractivity contribution in [2.75, 3.05) is 34.5 Å². The minimum absolute atomic E-state index is 0.0724. The van der Waals surface area contributed by atoms with Gasteiger partial charge in [-0.05, 0) is 42.3 Å². The SMILES string of the molecule is COc1cc(C2=Nc3ccc(Br)cc3C(c3ccccc3)N2CCCO)cc(OC)c1OC.